The third kappa shape index (κ3) is 7.14. The number of thioether (sulfide) groups is 1. The zero-order valence-electron chi connectivity index (χ0n) is 18.1. The summed E-state index contributed by atoms with van der Waals surface area (Å²) in [5, 5.41) is 0. The molecular weight excluding hydrogens is 388 g/mol. The molecule has 2 nitrogen and oxygen atoms in total. The van der Waals surface area contributed by atoms with Crippen molar-refractivity contribution in [3.8, 4) is 17.2 Å². The fourth-order valence-electron chi connectivity index (χ4n) is 3.32. The molecule has 0 spiro atoms. The van der Waals surface area contributed by atoms with E-state index in [1.54, 1.807) is 0 Å². The van der Waals surface area contributed by atoms with Crippen LogP contribution < -0.4 is 9.47 Å². The Hall–Kier alpha value is -2.39. The molecule has 0 saturated carbocycles. The Morgan fingerprint density at radius 3 is 2.27 bits per heavy atom. The van der Waals surface area contributed by atoms with Crippen LogP contribution in [0.1, 0.15) is 44.2 Å². The molecule has 0 bridgehead atoms. The van der Waals surface area contributed by atoms with Gasteiger partial charge in [-0.25, -0.2) is 0 Å². The second kappa shape index (κ2) is 12.3. The van der Waals surface area contributed by atoms with Crippen LogP contribution >= 0.6 is 11.8 Å². The Bertz CT molecular complexity index is 875. The van der Waals surface area contributed by atoms with Crippen LogP contribution in [-0.2, 0) is 12.8 Å². The van der Waals surface area contributed by atoms with Crippen molar-refractivity contribution in [2.75, 3.05) is 12.4 Å². The number of aryl methyl sites for hydroxylation is 2. The molecule has 158 valence electrons. The van der Waals surface area contributed by atoms with E-state index in [9.17, 15) is 0 Å². The minimum Gasteiger partial charge on any atom is -0.493 e. The summed E-state index contributed by atoms with van der Waals surface area (Å²) in [4.78, 5) is 1.34. The third-order valence-corrected chi connectivity index (χ3v) is 5.91. The van der Waals surface area contributed by atoms with Gasteiger partial charge in [-0.15, -0.1) is 11.8 Å². The highest BCUT2D eigenvalue weighted by atomic mass is 32.2. The van der Waals surface area contributed by atoms with Gasteiger partial charge in [0.2, 0.25) is 0 Å². The van der Waals surface area contributed by atoms with Crippen molar-refractivity contribution in [2.45, 2.75) is 50.8 Å². The maximum Gasteiger partial charge on any atom is 0.127 e. The molecule has 30 heavy (non-hydrogen) atoms. The molecule has 0 amide bonds. The molecule has 0 aromatic heterocycles. The summed E-state index contributed by atoms with van der Waals surface area (Å²) in [5.41, 5.74) is 2.64. The molecule has 3 heteroatoms. The molecule has 0 radical (unpaired) electrons. The van der Waals surface area contributed by atoms with Gasteiger partial charge in [-0.1, -0.05) is 57.0 Å². The van der Waals surface area contributed by atoms with Crippen LogP contribution in [0.4, 0.5) is 0 Å². The van der Waals surface area contributed by atoms with Crippen molar-refractivity contribution in [3.63, 3.8) is 0 Å². The van der Waals surface area contributed by atoms with Crippen LogP contribution in [0.5, 0.6) is 17.2 Å². The van der Waals surface area contributed by atoms with Gasteiger partial charge < -0.3 is 9.47 Å². The fraction of sp³-hybridized carbons (Fsp3) is 0.333. The van der Waals surface area contributed by atoms with E-state index in [4.69, 9.17) is 9.47 Å². The van der Waals surface area contributed by atoms with E-state index in [1.165, 1.54) is 22.4 Å². The predicted molar refractivity (Wildman–Crippen MR) is 128 cm³/mol. The van der Waals surface area contributed by atoms with Gasteiger partial charge in [0.15, 0.2) is 0 Å². The molecule has 0 heterocycles. The topological polar surface area (TPSA) is 18.5 Å². The summed E-state index contributed by atoms with van der Waals surface area (Å²) < 4.78 is 12.1. The monoisotopic (exact) mass is 420 g/mol. The Balaban J connectivity index is 1.48. The first-order valence-electron chi connectivity index (χ1n) is 11.0. The highest BCUT2D eigenvalue weighted by molar-refractivity contribution is 7.99. The van der Waals surface area contributed by atoms with Crippen molar-refractivity contribution >= 4 is 11.8 Å². The van der Waals surface area contributed by atoms with E-state index >= 15 is 0 Å². The van der Waals surface area contributed by atoms with E-state index in [0.29, 0.717) is 0 Å². The Morgan fingerprint density at radius 2 is 1.53 bits per heavy atom. The van der Waals surface area contributed by atoms with Crippen LogP contribution in [-0.4, -0.2) is 12.4 Å². The molecule has 0 aliphatic rings. The van der Waals surface area contributed by atoms with Crippen LogP contribution in [0.25, 0.3) is 0 Å². The molecule has 0 atom stereocenters. The van der Waals surface area contributed by atoms with Crippen LogP contribution in [0.15, 0.2) is 77.7 Å². The molecule has 0 unspecified atom stereocenters. The smallest absolute Gasteiger partial charge is 0.127 e. The van der Waals surface area contributed by atoms with Crippen molar-refractivity contribution in [1.29, 1.82) is 0 Å². The second-order valence-corrected chi connectivity index (χ2v) is 8.55. The molecular formula is C27H32O2S. The van der Waals surface area contributed by atoms with Crippen LogP contribution in [0.3, 0.4) is 0 Å². The summed E-state index contributed by atoms with van der Waals surface area (Å²) in [6.45, 7) is 5.14. The lowest BCUT2D eigenvalue weighted by molar-refractivity contribution is 0.314. The first kappa shape index (κ1) is 22.3. The van der Waals surface area contributed by atoms with Crippen molar-refractivity contribution < 1.29 is 9.47 Å². The zero-order valence-corrected chi connectivity index (χ0v) is 18.9. The lowest BCUT2D eigenvalue weighted by Crippen LogP contribution is -2.02. The maximum absolute atomic E-state index is 6.12. The summed E-state index contributed by atoms with van der Waals surface area (Å²) in [6, 6.07) is 25.0. The number of ether oxygens (including phenoxy) is 2. The molecule has 3 aromatic carbocycles. The average Bonchev–Trinajstić information content (AvgIpc) is 2.77. The first-order valence-corrected chi connectivity index (χ1v) is 12.0. The predicted octanol–water partition coefficient (Wildman–Crippen LogP) is 7.95. The van der Waals surface area contributed by atoms with Gasteiger partial charge >= 0.3 is 0 Å². The lowest BCUT2D eigenvalue weighted by Gasteiger charge is -2.13. The molecule has 0 aliphatic heterocycles. The fourth-order valence-corrected chi connectivity index (χ4v) is 4.15. The van der Waals surface area contributed by atoms with Gasteiger partial charge in [0, 0.05) is 10.6 Å². The highest BCUT2D eigenvalue weighted by Crippen LogP contribution is 2.29. The molecule has 0 aliphatic carbocycles. The van der Waals surface area contributed by atoms with Crippen molar-refractivity contribution in [2.24, 2.45) is 0 Å². The van der Waals surface area contributed by atoms with E-state index in [0.717, 1.165) is 55.3 Å². The lowest BCUT2D eigenvalue weighted by atomic mass is 10.1. The Labute approximate surface area is 185 Å². The highest BCUT2D eigenvalue weighted by Gasteiger charge is 2.07. The Morgan fingerprint density at radius 1 is 0.767 bits per heavy atom. The summed E-state index contributed by atoms with van der Waals surface area (Å²) >= 11 is 1.90. The van der Waals surface area contributed by atoms with Crippen LogP contribution in [0, 0.1) is 0 Å². The van der Waals surface area contributed by atoms with Crippen molar-refractivity contribution in [3.05, 3.63) is 83.9 Å². The number of rotatable bonds is 12. The summed E-state index contributed by atoms with van der Waals surface area (Å²) in [6.07, 6.45) is 5.45. The summed E-state index contributed by atoms with van der Waals surface area (Å²) in [5.74, 6) is 3.75. The van der Waals surface area contributed by atoms with E-state index in [-0.39, 0.29) is 0 Å². The standard InChI is InChI=1S/C27H32O2S/c1-3-9-22-13-16-26(17-14-22)30-20-8-19-28-27-18-15-25(21-23(27)10-4-2)29-24-11-6-5-7-12-24/h5-7,11-18,21H,3-4,8-10,19-20H2,1-2H3. The number of para-hydroxylation sites is 1. The summed E-state index contributed by atoms with van der Waals surface area (Å²) in [7, 11) is 0. The van der Waals surface area contributed by atoms with Gasteiger partial charge in [-0.2, -0.15) is 0 Å². The SMILES string of the molecule is CCCc1ccc(SCCCOc2ccc(Oc3ccccc3)cc2CCC)cc1. The van der Waals surface area contributed by atoms with E-state index in [2.05, 4.69) is 44.2 Å². The number of hydrogen-bond acceptors (Lipinski definition) is 3. The second-order valence-electron chi connectivity index (χ2n) is 7.38. The molecule has 3 rings (SSSR count). The van der Waals surface area contributed by atoms with E-state index < -0.39 is 0 Å². The minimum absolute atomic E-state index is 0.733. The number of benzene rings is 3. The van der Waals surface area contributed by atoms with Gasteiger partial charge in [-0.3, -0.25) is 0 Å². The zero-order chi connectivity index (χ0) is 21.0. The minimum atomic E-state index is 0.733. The van der Waals surface area contributed by atoms with Crippen LogP contribution in [0.2, 0.25) is 0 Å². The molecule has 3 aromatic rings. The first-order chi connectivity index (χ1) is 14.8. The largest absolute Gasteiger partial charge is 0.493 e. The van der Waals surface area contributed by atoms with Gasteiger partial charge in [-0.05, 0) is 72.9 Å². The molecule has 0 N–H and O–H groups in total. The quantitative estimate of drug-likeness (QED) is 0.219. The average molecular weight is 421 g/mol. The van der Waals surface area contributed by atoms with Gasteiger partial charge in [0.1, 0.15) is 17.2 Å². The molecule has 0 saturated heterocycles. The normalized spacial score (nSPS) is 10.7. The van der Waals surface area contributed by atoms with E-state index in [1.807, 2.05) is 54.2 Å². The molecule has 0 fully saturated rings. The van der Waals surface area contributed by atoms with Crippen molar-refractivity contribution in [1.82, 2.24) is 0 Å². The maximum atomic E-state index is 6.12. The third-order valence-electron chi connectivity index (χ3n) is 4.81. The number of hydrogen-bond donors (Lipinski definition) is 0. The Kier molecular flexibility index (Phi) is 9.17. The van der Waals surface area contributed by atoms with Gasteiger partial charge in [0.05, 0.1) is 6.61 Å². The van der Waals surface area contributed by atoms with Gasteiger partial charge in [0.25, 0.3) is 0 Å².